The van der Waals surface area contributed by atoms with Crippen LogP contribution < -0.4 is 5.32 Å². The van der Waals surface area contributed by atoms with Crippen molar-refractivity contribution in [3.8, 4) is 5.75 Å². The molecule has 0 saturated carbocycles. The van der Waals surface area contributed by atoms with Crippen molar-refractivity contribution in [2.45, 2.75) is 0 Å². The molecule has 1 amide bonds. The molecule has 2 aromatic carbocycles. The molecular weight excluding hydrogens is 322 g/mol. The Hall–Kier alpha value is -2.86. The van der Waals surface area contributed by atoms with Gasteiger partial charge in [0, 0.05) is 11.8 Å². The minimum atomic E-state index is -0.271. The second kappa shape index (κ2) is 7.61. The average Bonchev–Trinajstić information content (AvgIpc) is 2.63. The van der Waals surface area contributed by atoms with Gasteiger partial charge >= 0.3 is 0 Å². The van der Waals surface area contributed by atoms with E-state index in [-0.39, 0.29) is 11.7 Å². The third-order valence-corrected chi connectivity index (χ3v) is 4.14. The maximum atomic E-state index is 11.9. The van der Waals surface area contributed by atoms with Crippen LogP contribution in [0.3, 0.4) is 0 Å². The Morgan fingerprint density at radius 1 is 1.08 bits per heavy atom. The number of phenols is 1. The second-order valence-corrected chi connectivity index (χ2v) is 5.98. The van der Waals surface area contributed by atoms with Gasteiger partial charge in [0.15, 0.2) is 5.17 Å². The molecule has 0 radical (unpaired) electrons. The highest BCUT2D eigenvalue weighted by molar-refractivity contribution is 8.14. The Morgan fingerprint density at radius 3 is 2.50 bits per heavy atom. The monoisotopic (exact) mass is 337 g/mol. The van der Waals surface area contributed by atoms with E-state index >= 15 is 0 Å². The van der Waals surface area contributed by atoms with Crippen molar-refractivity contribution in [1.82, 2.24) is 5.32 Å². The lowest BCUT2D eigenvalue weighted by Crippen LogP contribution is -2.29. The zero-order chi connectivity index (χ0) is 16.8. The zero-order valence-corrected chi connectivity index (χ0v) is 13.5. The van der Waals surface area contributed by atoms with Gasteiger partial charge in [-0.1, -0.05) is 54.2 Å². The van der Waals surface area contributed by atoms with Crippen LogP contribution in [-0.4, -0.2) is 27.6 Å². The molecule has 0 aromatic heterocycles. The summed E-state index contributed by atoms with van der Waals surface area (Å²) in [6, 6.07) is 16.4. The van der Waals surface area contributed by atoms with E-state index in [0.717, 1.165) is 16.8 Å². The first-order valence-electron chi connectivity index (χ1n) is 7.31. The molecule has 0 bridgehead atoms. The van der Waals surface area contributed by atoms with E-state index in [9.17, 15) is 9.90 Å². The number of carbonyl (C=O) groups excluding carboxylic acids is 1. The molecule has 1 aliphatic rings. The van der Waals surface area contributed by atoms with Crippen LogP contribution in [-0.2, 0) is 4.79 Å². The topological polar surface area (TPSA) is 74.0 Å². The van der Waals surface area contributed by atoms with Crippen LogP contribution in [0.5, 0.6) is 5.75 Å². The first-order valence-corrected chi connectivity index (χ1v) is 8.30. The molecule has 2 aromatic rings. The molecular formula is C18H15N3O2S. The van der Waals surface area contributed by atoms with Crippen molar-refractivity contribution in [3.63, 3.8) is 0 Å². The van der Waals surface area contributed by atoms with Crippen LogP contribution in [0.25, 0.3) is 6.08 Å². The molecule has 1 heterocycles. The van der Waals surface area contributed by atoms with Crippen molar-refractivity contribution >= 4 is 34.6 Å². The summed E-state index contributed by atoms with van der Waals surface area (Å²) < 4.78 is 0. The fourth-order valence-corrected chi connectivity index (χ4v) is 2.81. The Kier molecular flexibility index (Phi) is 5.08. The summed E-state index contributed by atoms with van der Waals surface area (Å²) in [7, 11) is 0. The van der Waals surface area contributed by atoms with Crippen LogP contribution in [0.4, 0.5) is 0 Å². The number of hydrogen-bond donors (Lipinski definition) is 2. The minimum absolute atomic E-state index is 0.191. The van der Waals surface area contributed by atoms with E-state index in [0.29, 0.717) is 10.9 Å². The van der Waals surface area contributed by atoms with Gasteiger partial charge < -0.3 is 10.4 Å². The van der Waals surface area contributed by atoms with Crippen LogP contribution >= 0.6 is 11.8 Å². The van der Waals surface area contributed by atoms with Gasteiger partial charge in [0.1, 0.15) is 5.75 Å². The standard InChI is InChI=1S/C18H15N3O2S/c22-15-9-6-13(7-10-15)8-11-17(23)19-18-21-20-16(12-24-18)14-4-2-1-3-5-14/h1-11,22H,12H2,(H,19,21,23)/b11-8+. The average molecular weight is 337 g/mol. The Balaban J connectivity index is 1.60. The number of carbonyl (C=O) groups is 1. The molecule has 0 spiro atoms. The summed E-state index contributed by atoms with van der Waals surface area (Å²) in [5.41, 5.74) is 2.75. The summed E-state index contributed by atoms with van der Waals surface area (Å²) in [6.07, 6.45) is 3.09. The van der Waals surface area contributed by atoms with E-state index < -0.39 is 0 Å². The van der Waals surface area contributed by atoms with Gasteiger partial charge in [0.05, 0.1) is 5.71 Å². The normalized spacial score (nSPS) is 14.2. The number of rotatable bonds is 3. The number of amidine groups is 1. The van der Waals surface area contributed by atoms with Gasteiger partial charge in [-0.2, -0.15) is 5.10 Å². The van der Waals surface area contributed by atoms with Gasteiger partial charge in [0.2, 0.25) is 5.91 Å². The fourth-order valence-electron chi connectivity index (χ4n) is 2.04. The fraction of sp³-hybridized carbons (Fsp3) is 0.0556. The quantitative estimate of drug-likeness (QED) is 0.846. The van der Waals surface area contributed by atoms with E-state index in [1.165, 1.54) is 17.8 Å². The van der Waals surface area contributed by atoms with Gasteiger partial charge in [-0.3, -0.25) is 4.79 Å². The molecule has 6 heteroatoms. The van der Waals surface area contributed by atoms with Crippen LogP contribution in [0.2, 0.25) is 0 Å². The number of amides is 1. The summed E-state index contributed by atoms with van der Waals surface area (Å²) in [4.78, 5) is 11.9. The maximum absolute atomic E-state index is 11.9. The number of nitrogens with one attached hydrogen (secondary N) is 1. The highest BCUT2D eigenvalue weighted by atomic mass is 32.2. The molecule has 3 rings (SSSR count). The van der Waals surface area contributed by atoms with E-state index in [4.69, 9.17) is 0 Å². The predicted molar refractivity (Wildman–Crippen MR) is 98.2 cm³/mol. The van der Waals surface area contributed by atoms with Gasteiger partial charge in [-0.15, -0.1) is 5.10 Å². The number of hydrogen-bond acceptors (Lipinski definition) is 5. The molecule has 0 atom stereocenters. The van der Waals surface area contributed by atoms with Crippen LogP contribution in [0.1, 0.15) is 11.1 Å². The Labute approximate surface area is 143 Å². The summed E-state index contributed by atoms with van der Waals surface area (Å²) >= 11 is 1.44. The van der Waals surface area contributed by atoms with Crippen molar-refractivity contribution < 1.29 is 9.90 Å². The largest absolute Gasteiger partial charge is 0.508 e. The van der Waals surface area contributed by atoms with E-state index in [2.05, 4.69) is 15.5 Å². The molecule has 120 valence electrons. The number of thioether (sulfide) groups is 1. The number of benzene rings is 2. The van der Waals surface area contributed by atoms with Crippen molar-refractivity contribution in [3.05, 3.63) is 71.8 Å². The lowest BCUT2D eigenvalue weighted by atomic mass is 10.1. The Bertz CT molecular complexity index is 812. The van der Waals surface area contributed by atoms with Crippen molar-refractivity contribution in [2.75, 3.05) is 5.75 Å². The lowest BCUT2D eigenvalue weighted by Gasteiger charge is -2.11. The highest BCUT2D eigenvalue weighted by Gasteiger charge is 2.13. The molecule has 0 saturated heterocycles. The maximum Gasteiger partial charge on any atom is 0.249 e. The number of phenolic OH excluding ortho intramolecular Hbond substituents is 1. The Morgan fingerprint density at radius 2 is 1.83 bits per heavy atom. The predicted octanol–water partition coefficient (Wildman–Crippen LogP) is 3.03. The molecule has 0 fully saturated rings. The molecule has 0 unspecified atom stereocenters. The first kappa shape index (κ1) is 16.0. The van der Waals surface area contributed by atoms with Gasteiger partial charge in [-0.05, 0) is 29.3 Å². The molecule has 0 aliphatic carbocycles. The molecule has 5 nitrogen and oxygen atoms in total. The van der Waals surface area contributed by atoms with E-state index in [1.54, 1.807) is 30.3 Å². The van der Waals surface area contributed by atoms with Crippen molar-refractivity contribution in [2.24, 2.45) is 10.2 Å². The number of aromatic hydroxyl groups is 1. The second-order valence-electron chi connectivity index (χ2n) is 5.02. The number of nitrogens with zero attached hydrogens (tertiary/aromatic N) is 2. The molecule has 24 heavy (non-hydrogen) atoms. The third kappa shape index (κ3) is 4.33. The van der Waals surface area contributed by atoms with Crippen molar-refractivity contribution in [1.29, 1.82) is 0 Å². The first-order chi connectivity index (χ1) is 11.7. The minimum Gasteiger partial charge on any atom is -0.508 e. The van der Waals surface area contributed by atoms with Crippen LogP contribution in [0, 0.1) is 0 Å². The lowest BCUT2D eigenvalue weighted by molar-refractivity contribution is -0.115. The van der Waals surface area contributed by atoms with Gasteiger partial charge in [-0.25, -0.2) is 0 Å². The van der Waals surface area contributed by atoms with Crippen LogP contribution in [0.15, 0.2) is 70.9 Å². The summed E-state index contributed by atoms with van der Waals surface area (Å²) in [5.74, 6) is 0.578. The summed E-state index contributed by atoms with van der Waals surface area (Å²) in [5, 5.41) is 20.6. The smallest absolute Gasteiger partial charge is 0.249 e. The third-order valence-electron chi connectivity index (χ3n) is 3.26. The molecule has 1 aliphatic heterocycles. The van der Waals surface area contributed by atoms with E-state index in [1.807, 2.05) is 30.3 Å². The van der Waals surface area contributed by atoms with Gasteiger partial charge in [0.25, 0.3) is 0 Å². The highest BCUT2D eigenvalue weighted by Crippen LogP contribution is 2.15. The summed E-state index contributed by atoms with van der Waals surface area (Å²) in [6.45, 7) is 0. The molecule has 2 N–H and O–H groups in total. The zero-order valence-electron chi connectivity index (χ0n) is 12.7. The SMILES string of the molecule is O=C(/C=C/c1ccc(O)cc1)NC1=NN=C(c2ccccc2)CS1.